The van der Waals surface area contributed by atoms with E-state index in [-0.39, 0.29) is 28.7 Å². The summed E-state index contributed by atoms with van der Waals surface area (Å²) in [5, 5.41) is 7.49. The summed E-state index contributed by atoms with van der Waals surface area (Å²) < 4.78 is 22.3. The molecule has 2 aromatic heterocycles. The summed E-state index contributed by atoms with van der Waals surface area (Å²) >= 11 is 12.5. The quantitative estimate of drug-likeness (QED) is 0.131. The van der Waals surface area contributed by atoms with Gasteiger partial charge in [0.2, 0.25) is 11.8 Å². The Bertz CT molecular complexity index is 2040. The fourth-order valence-electron chi connectivity index (χ4n) is 8.91. The van der Waals surface area contributed by atoms with Crippen molar-refractivity contribution < 1.29 is 18.7 Å². The Kier molecular flexibility index (Phi) is 10.7. The molecule has 0 spiro atoms. The number of carbonyl (C=O) groups is 2. The van der Waals surface area contributed by atoms with E-state index in [4.69, 9.17) is 38.8 Å². The number of hydrogen-bond donors (Lipinski definition) is 2. The lowest BCUT2D eigenvalue weighted by Gasteiger charge is -2.37. The highest BCUT2D eigenvalue weighted by atomic mass is 35.5. The number of imide groups is 1. The third-order valence-electron chi connectivity index (χ3n) is 12.0. The zero-order valence-corrected chi connectivity index (χ0v) is 32.0. The summed E-state index contributed by atoms with van der Waals surface area (Å²) in [4.78, 5) is 33.3. The molecule has 10 nitrogen and oxygen atoms in total. The van der Waals surface area contributed by atoms with Gasteiger partial charge in [0.1, 0.15) is 11.9 Å². The molecule has 4 aromatic rings. The third kappa shape index (κ3) is 7.74. The third-order valence-corrected chi connectivity index (χ3v) is 12.7. The van der Waals surface area contributed by atoms with Crippen LogP contribution >= 0.6 is 23.2 Å². The van der Waals surface area contributed by atoms with Gasteiger partial charge in [-0.25, -0.2) is 9.37 Å². The lowest BCUT2D eigenvalue weighted by atomic mass is 9.84. The van der Waals surface area contributed by atoms with Crippen molar-refractivity contribution in [2.45, 2.75) is 95.5 Å². The maximum atomic E-state index is 14.2. The van der Waals surface area contributed by atoms with Crippen molar-refractivity contribution in [1.82, 2.24) is 29.9 Å². The second kappa shape index (κ2) is 15.6. The number of halogens is 3. The average Bonchev–Trinajstić information content (AvgIpc) is 3.83. The normalized spacial score (nSPS) is 23.3. The van der Waals surface area contributed by atoms with Crippen molar-refractivity contribution in [3.8, 4) is 16.9 Å². The van der Waals surface area contributed by atoms with Gasteiger partial charge in [-0.05, 0) is 112 Å². The number of benzene rings is 2. The number of nitrogens with one attached hydrogen (secondary N) is 1. The summed E-state index contributed by atoms with van der Waals surface area (Å²) in [7, 11) is 0. The van der Waals surface area contributed by atoms with E-state index in [0.29, 0.717) is 47.1 Å². The summed E-state index contributed by atoms with van der Waals surface area (Å²) in [6.07, 6.45) is 12.9. The summed E-state index contributed by atoms with van der Waals surface area (Å²) in [6.45, 7) is 6.68. The molecule has 0 radical (unpaired) electrons. The number of amides is 2. The molecule has 2 atom stereocenters. The first-order chi connectivity index (χ1) is 26.1. The van der Waals surface area contributed by atoms with E-state index in [2.05, 4.69) is 49.2 Å². The maximum Gasteiger partial charge on any atom is 0.243 e. The Morgan fingerprint density at radius 3 is 2.52 bits per heavy atom. The fourth-order valence-corrected chi connectivity index (χ4v) is 9.59. The van der Waals surface area contributed by atoms with Crippen molar-refractivity contribution in [2.24, 2.45) is 5.92 Å². The Hall–Kier alpha value is -4.03. The lowest BCUT2D eigenvalue weighted by Crippen LogP contribution is -2.50. The fraction of sp³-hybridized carbons (Fsp3) is 0.463. The predicted molar refractivity (Wildman–Crippen MR) is 207 cm³/mol. The highest BCUT2D eigenvalue weighted by Crippen LogP contribution is 2.39. The highest BCUT2D eigenvalue weighted by molar-refractivity contribution is 6.36. The van der Waals surface area contributed by atoms with Gasteiger partial charge in [0.15, 0.2) is 11.6 Å². The minimum absolute atomic E-state index is 0.0761. The number of hydrogen-bond acceptors (Lipinski definition) is 8. The van der Waals surface area contributed by atoms with Crippen molar-refractivity contribution in [3.05, 3.63) is 93.1 Å². The first-order valence-corrected chi connectivity index (χ1v) is 19.9. The number of likely N-dealkylation sites (tertiary alicyclic amines) is 1. The molecular weight excluding hydrogens is 728 g/mol. The Morgan fingerprint density at radius 1 is 0.963 bits per heavy atom. The number of nitrogens with two attached hydrogens (primary N) is 1. The number of fused-ring (bicyclic) bond motifs is 1. The van der Waals surface area contributed by atoms with Crippen LogP contribution in [0.15, 0.2) is 55.0 Å². The smallest absolute Gasteiger partial charge is 0.243 e. The number of carbonyl (C=O) groups excluding carboxylic acids is 2. The molecule has 13 heteroatoms. The molecule has 8 rings (SSSR count). The molecule has 3 N–H and O–H groups in total. The van der Waals surface area contributed by atoms with E-state index in [1.807, 2.05) is 12.3 Å². The first-order valence-electron chi connectivity index (χ1n) is 19.1. The van der Waals surface area contributed by atoms with Crippen LogP contribution in [0, 0.1) is 11.7 Å². The van der Waals surface area contributed by atoms with Gasteiger partial charge in [-0.2, -0.15) is 5.10 Å². The van der Waals surface area contributed by atoms with Crippen LogP contribution in [0.4, 0.5) is 10.2 Å². The van der Waals surface area contributed by atoms with Crippen LogP contribution in [0.1, 0.15) is 98.6 Å². The van der Waals surface area contributed by atoms with Crippen LogP contribution in [0.25, 0.3) is 11.1 Å². The Labute approximate surface area is 325 Å². The molecule has 3 fully saturated rings. The lowest BCUT2D eigenvalue weighted by molar-refractivity contribution is -0.137. The zero-order valence-electron chi connectivity index (χ0n) is 30.4. The van der Waals surface area contributed by atoms with E-state index >= 15 is 0 Å². The summed E-state index contributed by atoms with van der Waals surface area (Å²) in [5.74, 6) is 0.945. The van der Waals surface area contributed by atoms with E-state index in [1.54, 1.807) is 13.1 Å². The first kappa shape index (κ1) is 36.9. The SMILES string of the molecule is C[C@@H](Oc1cc(-c2cnn(C3CCC(CN4CCC(c5ccc6c(c5)CN(C5CCC(=O)NC5=O)C6)CC4)CC3)c2)cnc1N)c1c(Cl)ccc(F)c1Cl. The number of pyridine rings is 1. The molecule has 1 aliphatic carbocycles. The summed E-state index contributed by atoms with van der Waals surface area (Å²) in [6, 6.07) is 11.6. The highest BCUT2D eigenvalue weighted by Gasteiger charge is 2.35. The molecule has 5 heterocycles. The van der Waals surface area contributed by atoms with Gasteiger partial charge in [-0.1, -0.05) is 41.4 Å². The second-order valence-corrected chi connectivity index (χ2v) is 16.3. The van der Waals surface area contributed by atoms with Gasteiger partial charge in [0.05, 0.1) is 23.3 Å². The van der Waals surface area contributed by atoms with Gasteiger partial charge < -0.3 is 15.4 Å². The molecule has 54 heavy (non-hydrogen) atoms. The van der Waals surface area contributed by atoms with Crippen LogP contribution in [-0.4, -0.2) is 62.1 Å². The van der Waals surface area contributed by atoms with Gasteiger partial charge in [0, 0.05) is 60.2 Å². The molecule has 4 aliphatic rings. The number of nitrogens with zero attached hydrogens (tertiary/aromatic N) is 5. The van der Waals surface area contributed by atoms with Crippen LogP contribution in [-0.2, 0) is 22.7 Å². The number of anilines is 1. The number of piperidine rings is 2. The monoisotopic (exact) mass is 773 g/mol. The Morgan fingerprint density at radius 2 is 1.74 bits per heavy atom. The van der Waals surface area contributed by atoms with E-state index in [0.717, 1.165) is 56.7 Å². The molecule has 284 valence electrons. The molecule has 2 amide bonds. The molecule has 1 saturated carbocycles. The van der Waals surface area contributed by atoms with Gasteiger partial charge in [-0.15, -0.1) is 0 Å². The van der Waals surface area contributed by atoms with Crippen molar-refractivity contribution in [1.29, 1.82) is 0 Å². The number of nitrogen functional groups attached to an aromatic ring is 1. The topological polar surface area (TPSA) is 119 Å². The van der Waals surface area contributed by atoms with E-state index in [9.17, 15) is 14.0 Å². The molecule has 1 unspecified atom stereocenters. The minimum atomic E-state index is -0.657. The largest absolute Gasteiger partial charge is 0.482 e. The van der Waals surface area contributed by atoms with Crippen LogP contribution in [0.5, 0.6) is 5.75 Å². The Balaban J connectivity index is 0.810. The molecule has 2 saturated heterocycles. The second-order valence-electron chi connectivity index (χ2n) is 15.5. The predicted octanol–water partition coefficient (Wildman–Crippen LogP) is 7.84. The van der Waals surface area contributed by atoms with E-state index in [1.165, 1.54) is 54.5 Å². The minimum Gasteiger partial charge on any atom is -0.482 e. The summed E-state index contributed by atoms with van der Waals surface area (Å²) in [5.41, 5.74) is 12.3. The molecule has 2 aromatic carbocycles. The van der Waals surface area contributed by atoms with Crippen LogP contribution in [0.2, 0.25) is 10.0 Å². The number of ether oxygens (including phenoxy) is 1. The van der Waals surface area contributed by atoms with Crippen molar-refractivity contribution >= 4 is 40.8 Å². The van der Waals surface area contributed by atoms with Crippen LogP contribution < -0.4 is 15.8 Å². The standard InChI is InChI=1S/C41H46Cl2FN7O3/c1-24(38-33(42)8-9-34(44)39(38)43)54-36-17-29(18-46-40(36)45)31-19-47-51(23-31)32-6-2-25(3-7-32)20-49-14-12-26(13-15-49)27-4-5-28-21-50(22-30(28)16-27)35-10-11-37(52)48-41(35)53/h4-5,8-9,16-19,23-26,32,35H,2-3,6-7,10-15,20-22H2,1H3,(H2,45,46)(H,48,52,53)/t24-,25?,32?,35?/m1/s1. The molecule has 3 aliphatic heterocycles. The van der Waals surface area contributed by atoms with Gasteiger partial charge in [-0.3, -0.25) is 24.5 Å². The van der Waals surface area contributed by atoms with Gasteiger partial charge >= 0.3 is 0 Å². The van der Waals surface area contributed by atoms with E-state index < -0.39 is 11.9 Å². The zero-order chi connectivity index (χ0) is 37.5. The number of rotatable bonds is 9. The maximum absolute atomic E-state index is 14.2. The van der Waals surface area contributed by atoms with Crippen molar-refractivity contribution in [2.75, 3.05) is 25.4 Å². The van der Waals surface area contributed by atoms with Crippen LogP contribution in [0.3, 0.4) is 0 Å². The number of aromatic nitrogens is 3. The van der Waals surface area contributed by atoms with Crippen molar-refractivity contribution in [3.63, 3.8) is 0 Å². The molecular formula is C41H46Cl2FN7O3. The molecule has 0 bridgehead atoms. The average molecular weight is 775 g/mol. The van der Waals surface area contributed by atoms with Gasteiger partial charge in [0.25, 0.3) is 0 Å².